The molecular formula is C14H18FN3S. The van der Waals surface area contributed by atoms with Gasteiger partial charge in [-0.15, -0.1) is 18.2 Å². The maximum absolute atomic E-state index is 13.2. The maximum atomic E-state index is 13.2. The molecule has 102 valence electrons. The SMILES string of the molecule is C#CCNC(=NCc1cc(F)ccc1SC)NCC. The van der Waals surface area contributed by atoms with E-state index in [1.807, 2.05) is 13.2 Å². The third kappa shape index (κ3) is 5.23. The second kappa shape index (κ2) is 8.44. The van der Waals surface area contributed by atoms with Gasteiger partial charge in [-0.2, -0.15) is 0 Å². The molecular weight excluding hydrogens is 261 g/mol. The largest absolute Gasteiger partial charge is 0.357 e. The van der Waals surface area contributed by atoms with E-state index in [4.69, 9.17) is 6.42 Å². The molecule has 0 radical (unpaired) electrons. The monoisotopic (exact) mass is 279 g/mol. The van der Waals surface area contributed by atoms with Gasteiger partial charge in [-0.3, -0.25) is 0 Å². The number of nitrogens with one attached hydrogen (secondary N) is 2. The first-order valence-corrected chi connectivity index (χ1v) is 7.21. The van der Waals surface area contributed by atoms with Crippen molar-refractivity contribution in [3.05, 3.63) is 29.6 Å². The Morgan fingerprint density at radius 3 is 2.89 bits per heavy atom. The Bertz CT molecular complexity index is 480. The summed E-state index contributed by atoms with van der Waals surface area (Å²) in [5.41, 5.74) is 0.866. The van der Waals surface area contributed by atoms with Crippen molar-refractivity contribution in [1.82, 2.24) is 10.6 Å². The van der Waals surface area contributed by atoms with Crippen LogP contribution in [0, 0.1) is 18.2 Å². The molecule has 0 atom stereocenters. The molecule has 0 saturated carbocycles. The topological polar surface area (TPSA) is 36.4 Å². The van der Waals surface area contributed by atoms with Crippen LogP contribution in [0.4, 0.5) is 4.39 Å². The highest BCUT2D eigenvalue weighted by Crippen LogP contribution is 2.21. The average Bonchev–Trinajstić information content (AvgIpc) is 2.42. The number of rotatable bonds is 5. The molecule has 3 nitrogen and oxygen atoms in total. The highest BCUT2D eigenvalue weighted by Gasteiger charge is 2.03. The quantitative estimate of drug-likeness (QED) is 0.375. The number of halogens is 1. The first-order valence-electron chi connectivity index (χ1n) is 5.99. The van der Waals surface area contributed by atoms with Crippen molar-refractivity contribution in [3.8, 4) is 12.3 Å². The molecule has 0 heterocycles. The van der Waals surface area contributed by atoms with Gasteiger partial charge < -0.3 is 10.6 Å². The lowest BCUT2D eigenvalue weighted by Crippen LogP contribution is -2.37. The molecule has 0 unspecified atom stereocenters. The maximum Gasteiger partial charge on any atom is 0.192 e. The summed E-state index contributed by atoms with van der Waals surface area (Å²) in [6.45, 7) is 3.54. The minimum atomic E-state index is -0.246. The van der Waals surface area contributed by atoms with E-state index in [0.717, 1.165) is 17.0 Å². The van der Waals surface area contributed by atoms with Gasteiger partial charge in [-0.05, 0) is 36.9 Å². The molecule has 0 spiro atoms. The second-order valence-electron chi connectivity index (χ2n) is 3.71. The van der Waals surface area contributed by atoms with Crippen LogP contribution in [0.15, 0.2) is 28.1 Å². The van der Waals surface area contributed by atoms with Gasteiger partial charge in [-0.25, -0.2) is 9.38 Å². The summed E-state index contributed by atoms with van der Waals surface area (Å²) in [6.07, 6.45) is 7.16. The molecule has 1 aromatic rings. The van der Waals surface area contributed by atoms with Crippen molar-refractivity contribution in [3.63, 3.8) is 0 Å². The van der Waals surface area contributed by atoms with E-state index in [-0.39, 0.29) is 5.82 Å². The van der Waals surface area contributed by atoms with Crippen LogP contribution in [0.5, 0.6) is 0 Å². The van der Waals surface area contributed by atoms with Gasteiger partial charge in [0.25, 0.3) is 0 Å². The molecule has 0 saturated heterocycles. The zero-order chi connectivity index (χ0) is 14.1. The standard InChI is InChI=1S/C14H18FN3S/c1-4-8-17-14(16-5-2)18-10-11-9-12(15)6-7-13(11)19-3/h1,6-7,9H,5,8,10H2,2-3H3,(H2,16,17,18). The Hall–Kier alpha value is -1.67. The second-order valence-corrected chi connectivity index (χ2v) is 4.56. The number of benzene rings is 1. The Morgan fingerprint density at radius 2 is 2.26 bits per heavy atom. The van der Waals surface area contributed by atoms with Gasteiger partial charge in [0.2, 0.25) is 0 Å². The van der Waals surface area contributed by atoms with Gasteiger partial charge in [-0.1, -0.05) is 5.92 Å². The molecule has 0 amide bonds. The highest BCUT2D eigenvalue weighted by atomic mass is 32.2. The summed E-state index contributed by atoms with van der Waals surface area (Å²) >= 11 is 1.58. The van der Waals surface area contributed by atoms with Crippen molar-refractivity contribution in [1.29, 1.82) is 0 Å². The van der Waals surface area contributed by atoms with E-state index in [1.54, 1.807) is 17.8 Å². The zero-order valence-electron chi connectivity index (χ0n) is 11.2. The van der Waals surface area contributed by atoms with E-state index >= 15 is 0 Å². The Labute approximate surface area is 118 Å². The van der Waals surface area contributed by atoms with E-state index in [9.17, 15) is 4.39 Å². The summed E-state index contributed by atoms with van der Waals surface area (Å²) in [5, 5.41) is 6.08. The van der Waals surface area contributed by atoms with Crippen LogP contribution in [-0.4, -0.2) is 25.3 Å². The van der Waals surface area contributed by atoms with Crippen molar-refractivity contribution >= 4 is 17.7 Å². The van der Waals surface area contributed by atoms with Gasteiger partial charge in [0, 0.05) is 11.4 Å². The molecule has 5 heteroatoms. The summed E-state index contributed by atoms with van der Waals surface area (Å²) in [5.74, 6) is 2.88. The smallest absolute Gasteiger partial charge is 0.192 e. The first-order chi connectivity index (χ1) is 9.21. The fourth-order valence-electron chi connectivity index (χ4n) is 1.51. The fraction of sp³-hybridized carbons (Fsp3) is 0.357. The van der Waals surface area contributed by atoms with Gasteiger partial charge in [0.15, 0.2) is 5.96 Å². The van der Waals surface area contributed by atoms with E-state index in [0.29, 0.717) is 19.0 Å². The van der Waals surface area contributed by atoms with Crippen LogP contribution in [-0.2, 0) is 6.54 Å². The Kier molecular flexibility index (Phi) is 6.83. The molecule has 19 heavy (non-hydrogen) atoms. The number of hydrogen-bond donors (Lipinski definition) is 2. The molecule has 1 rings (SSSR count). The Balaban J connectivity index is 2.81. The normalized spacial score (nSPS) is 10.9. The number of thioether (sulfide) groups is 1. The molecule has 0 bridgehead atoms. The molecule has 0 aliphatic rings. The van der Waals surface area contributed by atoms with Crippen LogP contribution in [0.25, 0.3) is 0 Å². The molecule has 2 N–H and O–H groups in total. The lowest BCUT2D eigenvalue weighted by Gasteiger charge is -2.10. The van der Waals surface area contributed by atoms with Crippen LogP contribution >= 0.6 is 11.8 Å². The zero-order valence-corrected chi connectivity index (χ0v) is 12.0. The number of terminal acetylenes is 1. The minimum Gasteiger partial charge on any atom is -0.357 e. The lowest BCUT2D eigenvalue weighted by atomic mass is 10.2. The van der Waals surface area contributed by atoms with Crippen LogP contribution < -0.4 is 10.6 Å². The van der Waals surface area contributed by atoms with E-state index in [2.05, 4.69) is 21.5 Å². The minimum absolute atomic E-state index is 0.246. The summed E-state index contributed by atoms with van der Waals surface area (Å²) in [6, 6.07) is 4.74. The molecule has 0 aliphatic carbocycles. The van der Waals surface area contributed by atoms with Gasteiger partial charge >= 0.3 is 0 Å². The first kappa shape index (κ1) is 15.4. The number of hydrogen-bond acceptors (Lipinski definition) is 2. The van der Waals surface area contributed by atoms with Crippen molar-refractivity contribution in [2.24, 2.45) is 4.99 Å². The third-order valence-corrected chi connectivity index (χ3v) is 3.19. The molecule has 1 aromatic carbocycles. The molecule has 0 fully saturated rings. The van der Waals surface area contributed by atoms with Crippen molar-refractivity contribution in [2.75, 3.05) is 19.3 Å². The molecule has 0 aliphatic heterocycles. The van der Waals surface area contributed by atoms with Crippen LogP contribution in [0.1, 0.15) is 12.5 Å². The number of guanidine groups is 1. The van der Waals surface area contributed by atoms with Crippen LogP contribution in [0.2, 0.25) is 0 Å². The van der Waals surface area contributed by atoms with Crippen molar-refractivity contribution < 1.29 is 4.39 Å². The summed E-state index contributed by atoms with van der Waals surface area (Å²) in [7, 11) is 0. The van der Waals surface area contributed by atoms with Crippen LogP contribution in [0.3, 0.4) is 0 Å². The third-order valence-electron chi connectivity index (χ3n) is 2.35. The predicted octanol–water partition coefficient (Wildman–Crippen LogP) is 2.24. The van der Waals surface area contributed by atoms with Gasteiger partial charge in [0.05, 0.1) is 13.1 Å². The van der Waals surface area contributed by atoms with Gasteiger partial charge in [0.1, 0.15) is 5.82 Å². The Morgan fingerprint density at radius 1 is 1.47 bits per heavy atom. The number of nitrogens with zero attached hydrogens (tertiary/aromatic N) is 1. The average molecular weight is 279 g/mol. The highest BCUT2D eigenvalue weighted by molar-refractivity contribution is 7.98. The fourth-order valence-corrected chi connectivity index (χ4v) is 2.10. The summed E-state index contributed by atoms with van der Waals surface area (Å²) < 4.78 is 13.2. The van der Waals surface area contributed by atoms with Crippen molar-refractivity contribution in [2.45, 2.75) is 18.4 Å². The summed E-state index contributed by atoms with van der Waals surface area (Å²) in [4.78, 5) is 5.42. The molecule has 0 aromatic heterocycles. The number of aliphatic imine (C=N–C) groups is 1. The predicted molar refractivity (Wildman–Crippen MR) is 79.8 cm³/mol. The van der Waals surface area contributed by atoms with E-state index in [1.165, 1.54) is 12.1 Å². The lowest BCUT2D eigenvalue weighted by molar-refractivity contribution is 0.623. The van der Waals surface area contributed by atoms with E-state index < -0.39 is 0 Å².